The largest absolute Gasteiger partial charge is 0.389 e. The summed E-state index contributed by atoms with van der Waals surface area (Å²) < 4.78 is 45.1. The minimum Gasteiger partial charge on any atom is -0.384 e. The third-order valence-electron chi connectivity index (χ3n) is 8.18. The number of amides is 2. The number of alkyl halides is 3. The van der Waals surface area contributed by atoms with Crippen molar-refractivity contribution in [3.05, 3.63) is 35.9 Å². The fraction of sp³-hybridized carbons (Fsp3) is 0.667. The van der Waals surface area contributed by atoms with Gasteiger partial charge in [-0.25, -0.2) is 9.80 Å². The zero-order valence-corrected chi connectivity index (χ0v) is 18.9. The lowest BCUT2D eigenvalue weighted by Gasteiger charge is -2.39. The number of fused-ring (bicyclic) bond motifs is 2. The molecule has 3 aliphatic rings. The first kappa shape index (κ1) is 23.1. The molecule has 0 saturated heterocycles. The van der Waals surface area contributed by atoms with Crippen LogP contribution in [0.15, 0.2) is 35.4 Å². The Hall–Kier alpha value is -2.09. The summed E-state index contributed by atoms with van der Waals surface area (Å²) in [6, 6.07) is 8.98. The van der Waals surface area contributed by atoms with Crippen LogP contribution in [0.25, 0.3) is 0 Å². The number of hydrogen-bond acceptors (Lipinski definition) is 3. The molecule has 2 amide bonds. The molecule has 1 aromatic carbocycles. The van der Waals surface area contributed by atoms with E-state index in [1.807, 2.05) is 30.3 Å². The van der Waals surface area contributed by atoms with E-state index in [4.69, 9.17) is 4.74 Å². The highest BCUT2D eigenvalue weighted by atomic mass is 19.4. The van der Waals surface area contributed by atoms with Gasteiger partial charge in [0, 0.05) is 24.5 Å². The normalized spacial score (nSPS) is 32.8. The number of nitrogens with zero attached hydrogens (tertiary/aromatic N) is 2. The Labute approximate surface area is 187 Å². The highest BCUT2D eigenvalue weighted by Gasteiger charge is 2.60. The van der Waals surface area contributed by atoms with Crippen LogP contribution >= 0.6 is 0 Å². The van der Waals surface area contributed by atoms with E-state index in [2.05, 4.69) is 24.3 Å². The van der Waals surface area contributed by atoms with Gasteiger partial charge in [0.2, 0.25) is 0 Å². The summed E-state index contributed by atoms with van der Waals surface area (Å²) in [5.74, 6) is -0.911. The fourth-order valence-electron chi connectivity index (χ4n) is 6.09. The summed E-state index contributed by atoms with van der Waals surface area (Å²) in [7, 11) is 1.39. The Morgan fingerprint density at radius 2 is 1.91 bits per heavy atom. The highest BCUT2D eigenvalue weighted by molar-refractivity contribution is 5.96. The third-order valence-corrected chi connectivity index (χ3v) is 8.18. The molecule has 4 rings (SSSR count). The number of carbonyl (C=O) groups excluding carboxylic acids is 1. The minimum absolute atomic E-state index is 0.0489. The summed E-state index contributed by atoms with van der Waals surface area (Å²) in [5.41, 5.74) is 0.940. The summed E-state index contributed by atoms with van der Waals surface area (Å²) in [6.45, 7) is 4.46. The quantitative estimate of drug-likeness (QED) is 0.635. The van der Waals surface area contributed by atoms with Gasteiger partial charge in [0.15, 0.2) is 0 Å². The maximum atomic E-state index is 13.3. The van der Waals surface area contributed by atoms with Crippen LogP contribution in [0.1, 0.15) is 57.4 Å². The van der Waals surface area contributed by atoms with E-state index in [0.717, 1.165) is 31.2 Å². The third kappa shape index (κ3) is 4.14. The summed E-state index contributed by atoms with van der Waals surface area (Å²) in [4.78, 5) is 13.3. The van der Waals surface area contributed by atoms with E-state index in [0.29, 0.717) is 11.6 Å². The van der Waals surface area contributed by atoms with Crippen LogP contribution < -0.4 is 5.32 Å². The number of benzene rings is 1. The van der Waals surface area contributed by atoms with Crippen molar-refractivity contribution < 1.29 is 22.7 Å². The molecule has 3 unspecified atom stereocenters. The van der Waals surface area contributed by atoms with Crippen LogP contribution in [0.2, 0.25) is 0 Å². The van der Waals surface area contributed by atoms with Gasteiger partial charge in [-0.1, -0.05) is 37.3 Å². The van der Waals surface area contributed by atoms with Crippen molar-refractivity contribution >= 4 is 11.7 Å². The molecule has 8 heteroatoms. The fourth-order valence-corrected chi connectivity index (χ4v) is 6.09. The zero-order valence-electron chi connectivity index (χ0n) is 18.9. The van der Waals surface area contributed by atoms with Gasteiger partial charge >= 0.3 is 12.2 Å². The number of urea groups is 1. The monoisotopic (exact) mass is 451 g/mol. The Kier molecular flexibility index (Phi) is 6.03. The van der Waals surface area contributed by atoms with Gasteiger partial charge in [-0.15, -0.1) is 0 Å². The standard InChI is InChI=1S/C24H32F3N3O2/c1-22-11-9-18(10-12-22)23(22,2)28-21(31)30-14-19(16-7-5-4-6-8-16)20(29-30)17(15-32-3)13-24(25,26)27/h4-8,17-19H,9-15H2,1-3H3,(H,28,31). The van der Waals surface area contributed by atoms with Crippen molar-refractivity contribution in [3.8, 4) is 0 Å². The molecule has 2 aliphatic carbocycles. The average molecular weight is 452 g/mol. The van der Waals surface area contributed by atoms with Gasteiger partial charge in [0.1, 0.15) is 0 Å². The Balaban J connectivity index is 1.61. The second kappa shape index (κ2) is 8.36. The van der Waals surface area contributed by atoms with Crippen LogP contribution in [0, 0.1) is 17.3 Å². The molecular formula is C24H32F3N3O2. The molecule has 5 nitrogen and oxygen atoms in total. The zero-order chi connectivity index (χ0) is 23.1. The number of ether oxygens (including phenoxy) is 1. The van der Waals surface area contributed by atoms with Crippen molar-refractivity contribution in [3.63, 3.8) is 0 Å². The number of rotatable bonds is 6. The molecule has 2 fully saturated rings. The Morgan fingerprint density at radius 1 is 1.25 bits per heavy atom. The first-order valence-electron chi connectivity index (χ1n) is 11.3. The number of hydrogen-bond donors (Lipinski definition) is 1. The lowest BCUT2D eigenvalue weighted by molar-refractivity contribution is -0.142. The van der Waals surface area contributed by atoms with Crippen LogP contribution in [-0.2, 0) is 4.74 Å². The van der Waals surface area contributed by atoms with Crippen LogP contribution in [0.5, 0.6) is 0 Å². The molecule has 3 atom stereocenters. The molecule has 1 N–H and O–H groups in total. The molecule has 0 spiro atoms. The van der Waals surface area contributed by atoms with Crippen molar-refractivity contribution in [1.29, 1.82) is 0 Å². The van der Waals surface area contributed by atoms with E-state index in [9.17, 15) is 18.0 Å². The predicted molar refractivity (Wildman–Crippen MR) is 116 cm³/mol. The molecule has 1 heterocycles. The lowest BCUT2D eigenvalue weighted by atomic mass is 9.76. The van der Waals surface area contributed by atoms with Gasteiger partial charge < -0.3 is 10.1 Å². The number of halogens is 3. The first-order chi connectivity index (χ1) is 15.1. The van der Waals surface area contributed by atoms with Crippen LogP contribution in [0.4, 0.5) is 18.0 Å². The molecule has 32 heavy (non-hydrogen) atoms. The summed E-state index contributed by atoms with van der Waals surface area (Å²) in [5, 5.41) is 9.04. The number of nitrogens with one attached hydrogen (secondary N) is 1. The van der Waals surface area contributed by atoms with Gasteiger partial charge in [0.05, 0.1) is 25.3 Å². The van der Waals surface area contributed by atoms with Crippen molar-refractivity contribution in [1.82, 2.24) is 10.3 Å². The second-order valence-corrected chi connectivity index (χ2v) is 10.0. The van der Waals surface area contributed by atoms with Crippen LogP contribution in [-0.4, -0.2) is 48.7 Å². The molecule has 1 aliphatic heterocycles. The molecule has 2 bridgehead atoms. The predicted octanol–water partition coefficient (Wildman–Crippen LogP) is 5.34. The van der Waals surface area contributed by atoms with Crippen LogP contribution in [0.3, 0.4) is 0 Å². The smallest absolute Gasteiger partial charge is 0.384 e. The molecular weight excluding hydrogens is 419 g/mol. The summed E-state index contributed by atoms with van der Waals surface area (Å²) in [6.07, 6.45) is -1.04. The van der Waals surface area contributed by atoms with Crippen molar-refractivity contribution in [2.45, 2.75) is 63.6 Å². The topological polar surface area (TPSA) is 53.9 Å². The molecule has 0 aromatic heterocycles. The summed E-state index contributed by atoms with van der Waals surface area (Å²) >= 11 is 0. The minimum atomic E-state index is -4.35. The van der Waals surface area contributed by atoms with Crippen molar-refractivity contribution in [2.24, 2.45) is 22.4 Å². The molecule has 2 saturated carbocycles. The van der Waals surface area contributed by atoms with Gasteiger partial charge in [-0.05, 0) is 49.5 Å². The Morgan fingerprint density at radius 3 is 2.44 bits per heavy atom. The van der Waals surface area contributed by atoms with Gasteiger partial charge in [-0.2, -0.15) is 18.3 Å². The van der Waals surface area contributed by atoms with Gasteiger partial charge in [-0.3, -0.25) is 0 Å². The van der Waals surface area contributed by atoms with Gasteiger partial charge in [0.25, 0.3) is 0 Å². The lowest BCUT2D eigenvalue weighted by Crippen LogP contribution is -2.56. The van der Waals surface area contributed by atoms with E-state index in [1.54, 1.807) is 0 Å². The second-order valence-electron chi connectivity index (χ2n) is 10.0. The van der Waals surface area contributed by atoms with E-state index in [1.165, 1.54) is 12.1 Å². The highest BCUT2D eigenvalue weighted by Crippen LogP contribution is 2.60. The number of carbonyl (C=O) groups is 1. The average Bonchev–Trinajstić information content (AvgIpc) is 3.35. The van der Waals surface area contributed by atoms with Crippen molar-refractivity contribution in [2.75, 3.05) is 20.3 Å². The molecule has 176 valence electrons. The molecule has 0 radical (unpaired) electrons. The number of hydrazone groups is 1. The molecule has 1 aromatic rings. The number of methoxy groups -OCH3 is 1. The SMILES string of the molecule is COCC(CC(F)(F)F)C1=NN(C(=O)NC2(C)C3CCC2(C)CC3)CC1c1ccccc1. The van der Waals surface area contributed by atoms with E-state index >= 15 is 0 Å². The maximum absolute atomic E-state index is 13.3. The van der Waals surface area contributed by atoms with E-state index in [-0.39, 0.29) is 30.1 Å². The first-order valence-corrected chi connectivity index (χ1v) is 11.3. The Bertz CT molecular complexity index is 865. The van der Waals surface area contributed by atoms with E-state index < -0.39 is 24.4 Å². The maximum Gasteiger partial charge on any atom is 0.389 e.